The lowest BCUT2D eigenvalue weighted by molar-refractivity contribution is -0.140. The summed E-state index contributed by atoms with van der Waals surface area (Å²) in [5.74, 6) is -1.43. The number of hydrogen-bond donors (Lipinski definition) is 1. The fourth-order valence-electron chi connectivity index (χ4n) is 3.99. The molecule has 1 saturated heterocycles. The molecule has 4 rings (SSSR count). The molecule has 0 spiro atoms. The Balaban J connectivity index is 1.90. The number of likely N-dealkylation sites (tertiary alicyclic amines) is 1. The van der Waals surface area contributed by atoms with Crippen LogP contribution in [0.2, 0.25) is 0 Å². The van der Waals surface area contributed by atoms with Gasteiger partial charge in [0.15, 0.2) is 0 Å². The average molecular weight is 412 g/mol. The van der Waals surface area contributed by atoms with Gasteiger partial charge in [0.2, 0.25) is 0 Å². The first-order valence-corrected chi connectivity index (χ1v) is 10.2. The average Bonchev–Trinajstić information content (AvgIpc) is 3.01. The second kappa shape index (κ2) is 8.19. The molecule has 1 aliphatic heterocycles. The smallest absolute Gasteiger partial charge is 0.295 e. The highest BCUT2D eigenvalue weighted by molar-refractivity contribution is 6.46. The van der Waals surface area contributed by atoms with E-state index >= 15 is 0 Å². The van der Waals surface area contributed by atoms with Crippen molar-refractivity contribution in [3.8, 4) is 0 Å². The van der Waals surface area contributed by atoms with Gasteiger partial charge in [-0.05, 0) is 66.8 Å². The molecule has 1 N–H and O–H groups in total. The molecule has 5 heteroatoms. The minimum Gasteiger partial charge on any atom is -0.507 e. The number of amides is 1. The highest BCUT2D eigenvalue weighted by Gasteiger charge is 2.46. The number of carbonyl (C=O) groups is 2. The van der Waals surface area contributed by atoms with Gasteiger partial charge in [0, 0.05) is 24.5 Å². The van der Waals surface area contributed by atoms with Crippen LogP contribution >= 0.6 is 0 Å². The molecule has 3 aromatic rings. The van der Waals surface area contributed by atoms with Crippen molar-refractivity contribution in [3.63, 3.8) is 0 Å². The summed E-state index contributed by atoms with van der Waals surface area (Å²) in [7, 11) is 0. The van der Waals surface area contributed by atoms with E-state index < -0.39 is 17.7 Å². The number of pyridine rings is 1. The van der Waals surface area contributed by atoms with E-state index in [2.05, 4.69) is 4.98 Å². The Hall–Kier alpha value is -3.73. The zero-order valence-electron chi connectivity index (χ0n) is 17.8. The SMILES string of the molecule is Cc1ccc(/C(O)=C2\C(=O)C(=O)N(Cc3ccncc3)C2c2ccccc2C)cc1C. The van der Waals surface area contributed by atoms with Gasteiger partial charge in [-0.2, -0.15) is 0 Å². The molecule has 2 heterocycles. The molecule has 5 nitrogen and oxygen atoms in total. The van der Waals surface area contributed by atoms with Gasteiger partial charge in [0.25, 0.3) is 11.7 Å². The Morgan fingerprint density at radius 1 is 0.935 bits per heavy atom. The lowest BCUT2D eigenvalue weighted by Gasteiger charge is -2.26. The third-order valence-corrected chi connectivity index (χ3v) is 5.91. The number of carbonyl (C=O) groups excluding carboxylic acids is 2. The topological polar surface area (TPSA) is 70.5 Å². The van der Waals surface area contributed by atoms with Crippen molar-refractivity contribution in [2.75, 3.05) is 0 Å². The Labute approximate surface area is 181 Å². The molecule has 1 aromatic heterocycles. The van der Waals surface area contributed by atoms with Crippen molar-refractivity contribution in [1.29, 1.82) is 0 Å². The molecule has 31 heavy (non-hydrogen) atoms. The molecule has 0 aliphatic carbocycles. The van der Waals surface area contributed by atoms with Crippen LogP contribution in [0.5, 0.6) is 0 Å². The predicted octanol–water partition coefficient (Wildman–Crippen LogP) is 4.63. The molecule has 1 fully saturated rings. The number of aromatic nitrogens is 1. The summed E-state index contributed by atoms with van der Waals surface area (Å²) in [5, 5.41) is 11.2. The number of hydrogen-bond acceptors (Lipinski definition) is 4. The van der Waals surface area contributed by atoms with Gasteiger partial charge < -0.3 is 10.0 Å². The van der Waals surface area contributed by atoms with E-state index in [1.807, 2.05) is 69.3 Å². The Morgan fingerprint density at radius 2 is 1.65 bits per heavy atom. The maximum atomic E-state index is 13.1. The van der Waals surface area contributed by atoms with Gasteiger partial charge in [0.05, 0.1) is 11.6 Å². The monoisotopic (exact) mass is 412 g/mol. The van der Waals surface area contributed by atoms with Crippen LogP contribution in [0.1, 0.15) is 39.4 Å². The molecular formula is C26H24N2O3. The first-order valence-electron chi connectivity index (χ1n) is 10.2. The largest absolute Gasteiger partial charge is 0.507 e. The molecule has 1 unspecified atom stereocenters. The van der Waals surface area contributed by atoms with Crippen molar-refractivity contribution in [3.05, 3.63) is 106 Å². The quantitative estimate of drug-likeness (QED) is 0.385. The van der Waals surface area contributed by atoms with Gasteiger partial charge in [-0.1, -0.05) is 36.4 Å². The molecule has 2 aromatic carbocycles. The molecule has 0 bridgehead atoms. The van der Waals surface area contributed by atoms with Crippen LogP contribution in [-0.4, -0.2) is 26.7 Å². The zero-order valence-corrected chi connectivity index (χ0v) is 17.8. The van der Waals surface area contributed by atoms with Crippen molar-refractivity contribution >= 4 is 17.4 Å². The standard InChI is InChI=1S/C26H24N2O3/c1-16-8-9-20(14-18(16)3)24(29)22-23(21-7-5-4-6-17(21)2)28(26(31)25(22)30)15-19-10-12-27-13-11-19/h4-14,23,29H,15H2,1-3H3/b24-22+. The minimum atomic E-state index is -0.670. The van der Waals surface area contributed by atoms with Crippen molar-refractivity contribution in [2.45, 2.75) is 33.4 Å². The van der Waals surface area contributed by atoms with E-state index in [1.54, 1.807) is 18.5 Å². The highest BCUT2D eigenvalue weighted by atomic mass is 16.3. The number of aryl methyl sites for hydroxylation is 3. The Bertz CT molecular complexity index is 1200. The van der Waals surface area contributed by atoms with Crippen LogP contribution in [-0.2, 0) is 16.1 Å². The van der Waals surface area contributed by atoms with E-state index in [0.29, 0.717) is 5.56 Å². The highest BCUT2D eigenvalue weighted by Crippen LogP contribution is 2.41. The summed E-state index contributed by atoms with van der Waals surface area (Å²) in [6.45, 7) is 6.13. The van der Waals surface area contributed by atoms with Gasteiger partial charge in [-0.3, -0.25) is 14.6 Å². The fourth-order valence-corrected chi connectivity index (χ4v) is 3.99. The Kier molecular flexibility index (Phi) is 5.42. The number of ketones is 1. The minimum absolute atomic E-state index is 0.122. The second-order valence-corrected chi connectivity index (χ2v) is 7.94. The van der Waals surface area contributed by atoms with Gasteiger partial charge in [-0.15, -0.1) is 0 Å². The summed E-state index contributed by atoms with van der Waals surface area (Å²) in [4.78, 5) is 31.8. The van der Waals surface area contributed by atoms with Crippen LogP contribution in [0.4, 0.5) is 0 Å². The first kappa shape index (κ1) is 20.5. The first-order chi connectivity index (χ1) is 14.9. The van der Waals surface area contributed by atoms with E-state index in [9.17, 15) is 14.7 Å². The molecule has 0 saturated carbocycles. The number of Topliss-reactive ketones (excluding diaryl/α,β-unsaturated/α-hetero) is 1. The third kappa shape index (κ3) is 3.75. The zero-order chi connectivity index (χ0) is 22.1. The predicted molar refractivity (Wildman–Crippen MR) is 119 cm³/mol. The van der Waals surface area contributed by atoms with Crippen molar-refractivity contribution < 1.29 is 14.7 Å². The van der Waals surface area contributed by atoms with Crippen LogP contribution < -0.4 is 0 Å². The Morgan fingerprint density at radius 3 is 2.32 bits per heavy atom. The molecule has 156 valence electrons. The van der Waals surface area contributed by atoms with Gasteiger partial charge >= 0.3 is 0 Å². The number of rotatable bonds is 4. The van der Waals surface area contributed by atoms with E-state index in [4.69, 9.17) is 0 Å². The molecule has 0 radical (unpaired) electrons. The lowest BCUT2D eigenvalue weighted by atomic mass is 9.92. The number of benzene rings is 2. The summed E-state index contributed by atoms with van der Waals surface area (Å²) < 4.78 is 0. The molecule has 1 aliphatic rings. The van der Waals surface area contributed by atoms with Gasteiger partial charge in [0.1, 0.15) is 5.76 Å². The van der Waals surface area contributed by atoms with Gasteiger partial charge in [-0.25, -0.2) is 0 Å². The second-order valence-electron chi connectivity index (χ2n) is 7.94. The molecular weight excluding hydrogens is 388 g/mol. The maximum Gasteiger partial charge on any atom is 0.295 e. The summed E-state index contributed by atoms with van der Waals surface area (Å²) in [5.41, 5.74) is 5.37. The van der Waals surface area contributed by atoms with Crippen LogP contribution in [0.3, 0.4) is 0 Å². The summed E-state index contributed by atoms with van der Waals surface area (Å²) in [6, 6.07) is 16.1. The normalized spacial score (nSPS) is 17.9. The number of nitrogens with zero attached hydrogens (tertiary/aromatic N) is 2. The summed E-state index contributed by atoms with van der Waals surface area (Å²) in [6.07, 6.45) is 3.31. The molecule has 1 amide bonds. The van der Waals surface area contributed by atoms with Crippen LogP contribution in [0.25, 0.3) is 5.76 Å². The maximum absolute atomic E-state index is 13.1. The number of aliphatic hydroxyl groups excluding tert-OH is 1. The fraction of sp³-hybridized carbons (Fsp3) is 0.192. The van der Waals surface area contributed by atoms with E-state index in [-0.39, 0.29) is 17.9 Å². The van der Waals surface area contributed by atoms with Crippen molar-refractivity contribution in [1.82, 2.24) is 9.88 Å². The van der Waals surface area contributed by atoms with E-state index in [1.165, 1.54) is 4.90 Å². The van der Waals surface area contributed by atoms with Crippen molar-refractivity contribution in [2.24, 2.45) is 0 Å². The van der Waals surface area contributed by atoms with Crippen LogP contribution in [0, 0.1) is 20.8 Å². The van der Waals surface area contributed by atoms with E-state index in [0.717, 1.165) is 27.8 Å². The third-order valence-electron chi connectivity index (χ3n) is 5.91. The lowest BCUT2D eigenvalue weighted by Crippen LogP contribution is -2.29. The summed E-state index contributed by atoms with van der Waals surface area (Å²) >= 11 is 0. The van der Waals surface area contributed by atoms with Crippen LogP contribution in [0.15, 0.2) is 72.6 Å². The number of aliphatic hydroxyl groups is 1. The molecule has 1 atom stereocenters.